The zero-order valence-corrected chi connectivity index (χ0v) is 14.3. The lowest BCUT2D eigenvalue weighted by atomic mass is 9.84. The van der Waals surface area contributed by atoms with Crippen molar-refractivity contribution in [3.8, 4) is 0 Å². The number of likely N-dealkylation sites (tertiary alicyclic amines) is 1. The number of fused-ring (bicyclic) bond motifs is 1. The van der Waals surface area contributed by atoms with Gasteiger partial charge >= 0.3 is 6.03 Å². The highest BCUT2D eigenvalue weighted by atomic mass is 16.5. The van der Waals surface area contributed by atoms with Gasteiger partial charge < -0.3 is 19.0 Å². The third-order valence-corrected chi connectivity index (χ3v) is 4.96. The maximum Gasteiger partial charge on any atom is 0.319 e. The van der Waals surface area contributed by atoms with Gasteiger partial charge in [0.1, 0.15) is 5.76 Å². The monoisotopic (exact) mass is 321 g/mol. The molecular formula is C17H27N3O3. The molecule has 3 heterocycles. The molecule has 0 N–H and O–H groups in total. The fraction of sp³-hybridized carbons (Fsp3) is 0.706. The average molecular weight is 321 g/mol. The number of hydrogen-bond donors (Lipinski definition) is 0. The van der Waals surface area contributed by atoms with Gasteiger partial charge in [-0.05, 0) is 31.5 Å². The maximum atomic E-state index is 12.2. The van der Waals surface area contributed by atoms with Gasteiger partial charge in [0, 0.05) is 39.6 Å². The van der Waals surface area contributed by atoms with Crippen molar-refractivity contribution in [2.75, 3.05) is 47.4 Å². The van der Waals surface area contributed by atoms with Gasteiger partial charge in [0.2, 0.25) is 0 Å². The van der Waals surface area contributed by atoms with E-state index >= 15 is 0 Å². The molecule has 1 aromatic heterocycles. The van der Waals surface area contributed by atoms with E-state index < -0.39 is 0 Å². The Balaban J connectivity index is 1.57. The third kappa shape index (κ3) is 3.70. The van der Waals surface area contributed by atoms with Crippen molar-refractivity contribution in [3.63, 3.8) is 0 Å². The minimum atomic E-state index is 0.109. The van der Waals surface area contributed by atoms with Gasteiger partial charge in [-0.1, -0.05) is 0 Å². The van der Waals surface area contributed by atoms with Crippen molar-refractivity contribution in [1.82, 2.24) is 14.7 Å². The molecule has 0 saturated carbocycles. The van der Waals surface area contributed by atoms with E-state index in [0.29, 0.717) is 11.8 Å². The van der Waals surface area contributed by atoms with E-state index in [2.05, 4.69) is 11.9 Å². The van der Waals surface area contributed by atoms with Gasteiger partial charge in [0.15, 0.2) is 0 Å². The van der Waals surface area contributed by atoms with E-state index in [1.165, 1.54) is 0 Å². The molecule has 1 aromatic rings. The number of carbonyl (C=O) groups is 1. The molecule has 2 aliphatic rings. The lowest BCUT2D eigenvalue weighted by Crippen LogP contribution is -2.49. The van der Waals surface area contributed by atoms with Crippen molar-refractivity contribution < 1.29 is 13.9 Å². The quantitative estimate of drug-likeness (QED) is 0.847. The summed E-state index contributed by atoms with van der Waals surface area (Å²) in [7, 11) is 5.72. The first-order chi connectivity index (χ1) is 11.0. The van der Waals surface area contributed by atoms with Gasteiger partial charge in [-0.15, -0.1) is 0 Å². The Hall–Kier alpha value is -1.53. The molecule has 3 atom stereocenters. The summed E-state index contributed by atoms with van der Waals surface area (Å²) in [6.07, 6.45) is 2.94. The Morgan fingerprint density at radius 2 is 2.22 bits per heavy atom. The Labute approximate surface area is 138 Å². The van der Waals surface area contributed by atoms with Crippen LogP contribution in [-0.4, -0.2) is 74.2 Å². The molecule has 2 amide bonds. The van der Waals surface area contributed by atoms with Crippen molar-refractivity contribution in [3.05, 3.63) is 24.2 Å². The fourth-order valence-electron chi connectivity index (χ4n) is 3.71. The van der Waals surface area contributed by atoms with Crippen LogP contribution in [0.25, 0.3) is 0 Å². The number of hydrogen-bond acceptors (Lipinski definition) is 4. The lowest BCUT2D eigenvalue weighted by Gasteiger charge is -2.37. The van der Waals surface area contributed by atoms with E-state index in [9.17, 15) is 4.79 Å². The van der Waals surface area contributed by atoms with Crippen LogP contribution < -0.4 is 0 Å². The highest BCUT2D eigenvalue weighted by Crippen LogP contribution is 2.34. The molecule has 0 radical (unpaired) electrons. The van der Waals surface area contributed by atoms with Crippen LogP contribution >= 0.6 is 0 Å². The number of rotatable bonds is 4. The first-order valence-corrected chi connectivity index (χ1v) is 8.33. The first kappa shape index (κ1) is 16.3. The Kier molecular flexibility index (Phi) is 4.92. The summed E-state index contributed by atoms with van der Waals surface area (Å²) in [6.45, 7) is 4.13. The van der Waals surface area contributed by atoms with E-state index in [4.69, 9.17) is 9.15 Å². The van der Waals surface area contributed by atoms with Crippen LogP contribution in [0.15, 0.2) is 22.8 Å². The number of likely N-dealkylation sites (N-methyl/N-ethyl adjacent to an activating group) is 1. The summed E-state index contributed by atoms with van der Waals surface area (Å²) in [4.78, 5) is 18.1. The number of piperidine rings is 1. The average Bonchev–Trinajstić information content (AvgIpc) is 3.16. The Bertz CT molecular complexity index is 517. The van der Waals surface area contributed by atoms with Crippen LogP contribution in [0.4, 0.5) is 4.79 Å². The van der Waals surface area contributed by atoms with Crippen LogP contribution in [0.2, 0.25) is 0 Å². The molecule has 6 heteroatoms. The predicted molar refractivity (Wildman–Crippen MR) is 87.0 cm³/mol. The number of urea groups is 1. The van der Waals surface area contributed by atoms with E-state index in [1.807, 2.05) is 31.1 Å². The molecule has 2 fully saturated rings. The predicted octanol–water partition coefficient (Wildman–Crippen LogP) is 1.73. The van der Waals surface area contributed by atoms with Crippen molar-refractivity contribution in [2.45, 2.75) is 19.1 Å². The fourth-order valence-corrected chi connectivity index (χ4v) is 3.71. The summed E-state index contributed by atoms with van der Waals surface area (Å²) in [5, 5.41) is 0. The summed E-state index contributed by atoms with van der Waals surface area (Å²) in [5.41, 5.74) is 0. The zero-order chi connectivity index (χ0) is 16.4. The first-order valence-electron chi connectivity index (χ1n) is 8.33. The molecule has 23 heavy (non-hydrogen) atoms. The van der Waals surface area contributed by atoms with Gasteiger partial charge in [-0.2, -0.15) is 0 Å². The number of furan rings is 1. The highest BCUT2D eigenvalue weighted by molar-refractivity contribution is 5.73. The van der Waals surface area contributed by atoms with Gasteiger partial charge in [0.05, 0.1) is 25.5 Å². The number of carbonyl (C=O) groups excluding carboxylic acids is 1. The van der Waals surface area contributed by atoms with Gasteiger partial charge in [-0.25, -0.2) is 4.79 Å². The standard InChI is InChI=1S/C17H27N3O3/c1-18(2)17(21)20-7-6-13-12-23-16(15(13)10-20)11-19(3)9-14-5-4-8-22-14/h4-5,8,13,15-16H,6-7,9-12H2,1-3H3/t13-,15-,16+/m0/s1. The normalized spacial score (nSPS) is 27.3. The Morgan fingerprint density at radius 1 is 1.39 bits per heavy atom. The third-order valence-electron chi connectivity index (χ3n) is 4.96. The lowest BCUT2D eigenvalue weighted by molar-refractivity contribution is 0.0496. The maximum absolute atomic E-state index is 12.2. The second-order valence-corrected chi connectivity index (χ2v) is 6.98. The topological polar surface area (TPSA) is 49.2 Å². The second kappa shape index (κ2) is 6.93. The van der Waals surface area contributed by atoms with Crippen LogP contribution in [0.5, 0.6) is 0 Å². The SMILES string of the molecule is CN(Cc1ccco1)C[C@H]1OC[C@@H]2CCN(C(=O)N(C)C)C[C@@H]21. The number of amides is 2. The highest BCUT2D eigenvalue weighted by Gasteiger charge is 2.42. The van der Waals surface area contributed by atoms with Crippen LogP contribution in [-0.2, 0) is 11.3 Å². The second-order valence-electron chi connectivity index (χ2n) is 6.98. The van der Waals surface area contributed by atoms with E-state index in [-0.39, 0.29) is 12.1 Å². The molecule has 128 valence electrons. The molecule has 2 saturated heterocycles. The van der Waals surface area contributed by atoms with Crippen molar-refractivity contribution in [1.29, 1.82) is 0 Å². The van der Waals surface area contributed by atoms with Gasteiger partial charge in [0.25, 0.3) is 0 Å². The van der Waals surface area contributed by atoms with Crippen LogP contribution in [0, 0.1) is 11.8 Å². The molecule has 6 nitrogen and oxygen atoms in total. The molecule has 0 aromatic carbocycles. The summed E-state index contributed by atoms with van der Waals surface area (Å²) >= 11 is 0. The number of ether oxygens (including phenoxy) is 1. The van der Waals surface area contributed by atoms with Crippen molar-refractivity contribution in [2.24, 2.45) is 11.8 Å². The van der Waals surface area contributed by atoms with Crippen molar-refractivity contribution >= 4 is 6.03 Å². The number of nitrogens with zero attached hydrogens (tertiary/aromatic N) is 3. The largest absolute Gasteiger partial charge is 0.468 e. The van der Waals surface area contributed by atoms with E-state index in [0.717, 1.165) is 45.0 Å². The van der Waals surface area contributed by atoms with E-state index in [1.54, 1.807) is 11.2 Å². The Morgan fingerprint density at radius 3 is 2.91 bits per heavy atom. The minimum absolute atomic E-state index is 0.109. The zero-order valence-electron chi connectivity index (χ0n) is 14.3. The molecule has 0 bridgehead atoms. The molecule has 0 aliphatic carbocycles. The van der Waals surface area contributed by atoms with Gasteiger partial charge in [-0.3, -0.25) is 4.90 Å². The minimum Gasteiger partial charge on any atom is -0.468 e. The van der Waals surface area contributed by atoms with Crippen LogP contribution in [0.1, 0.15) is 12.2 Å². The summed E-state index contributed by atoms with van der Waals surface area (Å²) < 4.78 is 11.5. The van der Waals surface area contributed by atoms with Crippen LogP contribution in [0.3, 0.4) is 0 Å². The molecule has 0 spiro atoms. The summed E-state index contributed by atoms with van der Waals surface area (Å²) in [5.74, 6) is 1.99. The smallest absolute Gasteiger partial charge is 0.319 e. The molecule has 2 aliphatic heterocycles. The summed E-state index contributed by atoms with van der Waals surface area (Å²) in [6, 6.07) is 4.02. The molecule has 3 rings (SSSR count). The molecular weight excluding hydrogens is 294 g/mol. The molecule has 0 unspecified atom stereocenters.